The lowest BCUT2D eigenvalue weighted by Gasteiger charge is -2.13. The van der Waals surface area contributed by atoms with E-state index in [-0.39, 0.29) is 6.10 Å². The Labute approximate surface area is 133 Å². The van der Waals surface area contributed by atoms with E-state index in [9.17, 15) is 0 Å². The molecule has 0 aromatic carbocycles. The lowest BCUT2D eigenvalue weighted by molar-refractivity contribution is 0.105. The highest BCUT2D eigenvalue weighted by Gasteiger charge is 2.11. The van der Waals surface area contributed by atoms with Crippen molar-refractivity contribution < 1.29 is 9.47 Å². The van der Waals surface area contributed by atoms with Gasteiger partial charge < -0.3 is 14.8 Å². The van der Waals surface area contributed by atoms with Crippen LogP contribution < -0.4 is 10.1 Å². The quantitative estimate of drug-likeness (QED) is 0.762. The van der Waals surface area contributed by atoms with Crippen LogP contribution in [0.25, 0.3) is 0 Å². The number of rotatable bonds is 9. The molecular weight excluding hydrogens is 278 g/mol. The molecule has 1 aromatic rings. The molecule has 1 aliphatic carbocycles. The smallest absolute Gasteiger partial charge is 0.212 e. The van der Waals surface area contributed by atoms with Crippen LogP contribution in [0.1, 0.15) is 31.9 Å². The van der Waals surface area contributed by atoms with Gasteiger partial charge >= 0.3 is 0 Å². The molecule has 5 heteroatoms. The average Bonchev–Trinajstić information content (AvgIpc) is 2.94. The van der Waals surface area contributed by atoms with Crippen molar-refractivity contribution in [1.29, 1.82) is 0 Å². The largest absolute Gasteiger partial charge is 0.473 e. The number of hydrogen-bond donors (Lipinski definition) is 1. The molecule has 2 rings (SSSR count). The minimum atomic E-state index is 0.216. The summed E-state index contributed by atoms with van der Waals surface area (Å²) in [6, 6.07) is 2.01. The minimum absolute atomic E-state index is 0.216. The summed E-state index contributed by atoms with van der Waals surface area (Å²) in [6.45, 7) is 4.20. The Hall–Kier alpha value is -1.59. The molecule has 1 aliphatic rings. The van der Waals surface area contributed by atoms with Crippen LogP contribution in [0.4, 0.5) is 0 Å². The second-order valence-corrected chi connectivity index (χ2v) is 5.61. The Balaban J connectivity index is 1.99. The molecule has 0 aliphatic heterocycles. The molecule has 5 nitrogen and oxygen atoms in total. The highest BCUT2D eigenvalue weighted by molar-refractivity contribution is 5.24. The van der Waals surface area contributed by atoms with Gasteiger partial charge in [0.05, 0.1) is 11.8 Å². The normalized spacial score (nSPS) is 15.7. The van der Waals surface area contributed by atoms with Gasteiger partial charge in [0.1, 0.15) is 6.61 Å². The molecule has 0 amide bonds. The van der Waals surface area contributed by atoms with Crippen molar-refractivity contribution >= 4 is 0 Å². The standard InChI is InChI=1S/C17H27N3O2/c1-14(21-3)9-10-20-17(11-16(19-20)12-18-2)22-13-15-7-5-4-6-8-15/h5,7-8,11,14,18H,4,6,9-10,12-13H2,1-3H3. The average molecular weight is 305 g/mol. The zero-order valence-electron chi connectivity index (χ0n) is 13.8. The van der Waals surface area contributed by atoms with Crippen LogP contribution >= 0.6 is 0 Å². The number of aromatic nitrogens is 2. The van der Waals surface area contributed by atoms with E-state index in [0.717, 1.165) is 43.9 Å². The summed E-state index contributed by atoms with van der Waals surface area (Å²) in [4.78, 5) is 0. The van der Waals surface area contributed by atoms with Crippen LogP contribution in [0.5, 0.6) is 5.88 Å². The van der Waals surface area contributed by atoms with Gasteiger partial charge in [0.2, 0.25) is 5.88 Å². The molecule has 0 radical (unpaired) electrons. The first-order chi connectivity index (χ1) is 10.7. The first-order valence-corrected chi connectivity index (χ1v) is 7.95. The first-order valence-electron chi connectivity index (χ1n) is 7.95. The highest BCUT2D eigenvalue weighted by Crippen LogP contribution is 2.18. The fraction of sp³-hybridized carbons (Fsp3) is 0.588. The predicted molar refractivity (Wildman–Crippen MR) is 88.0 cm³/mol. The molecule has 1 heterocycles. The zero-order valence-corrected chi connectivity index (χ0v) is 13.8. The number of methoxy groups -OCH3 is 1. The molecule has 1 N–H and O–H groups in total. The molecular formula is C17H27N3O2. The SMILES string of the molecule is CNCc1cc(OCC2=CCCC=C2)n(CCC(C)OC)n1. The summed E-state index contributed by atoms with van der Waals surface area (Å²) in [5.41, 5.74) is 2.23. The molecule has 1 aromatic heterocycles. The number of hydrogen-bond acceptors (Lipinski definition) is 4. The van der Waals surface area contributed by atoms with E-state index in [2.05, 4.69) is 35.6 Å². The van der Waals surface area contributed by atoms with Gasteiger partial charge in [-0.2, -0.15) is 5.10 Å². The maximum Gasteiger partial charge on any atom is 0.212 e. The lowest BCUT2D eigenvalue weighted by Crippen LogP contribution is -2.13. The summed E-state index contributed by atoms with van der Waals surface area (Å²) >= 11 is 0. The molecule has 0 saturated carbocycles. The lowest BCUT2D eigenvalue weighted by atomic mass is 10.1. The summed E-state index contributed by atoms with van der Waals surface area (Å²) in [7, 11) is 3.66. The summed E-state index contributed by atoms with van der Waals surface area (Å²) in [6.07, 6.45) is 9.94. The van der Waals surface area contributed by atoms with Crippen molar-refractivity contribution in [3.05, 3.63) is 35.6 Å². The maximum absolute atomic E-state index is 5.98. The van der Waals surface area contributed by atoms with Crippen LogP contribution in [0.2, 0.25) is 0 Å². The third kappa shape index (κ3) is 5.00. The van der Waals surface area contributed by atoms with Crippen molar-refractivity contribution in [2.24, 2.45) is 0 Å². The van der Waals surface area contributed by atoms with Crippen molar-refractivity contribution in [3.8, 4) is 5.88 Å². The Morgan fingerprint density at radius 1 is 1.41 bits per heavy atom. The van der Waals surface area contributed by atoms with E-state index in [1.54, 1.807) is 7.11 Å². The van der Waals surface area contributed by atoms with E-state index in [4.69, 9.17) is 9.47 Å². The van der Waals surface area contributed by atoms with Gasteiger partial charge in [-0.1, -0.05) is 18.2 Å². The van der Waals surface area contributed by atoms with Crippen molar-refractivity contribution in [2.75, 3.05) is 20.8 Å². The number of nitrogens with one attached hydrogen (secondary N) is 1. The minimum Gasteiger partial charge on any atom is -0.473 e. The van der Waals surface area contributed by atoms with Crippen LogP contribution in [0.3, 0.4) is 0 Å². The number of ether oxygens (including phenoxy) is 2. The van der Waals surface area contributed by atoms with Crippen molar-refractivity contribution in [1.82, 2.24) is 15.1 Å². The van der Waals surface area contributed by atoms with E-state index in [1.807, 2.05) is 17.8 Å². The molecule has 1 unspecified atom stereocenters. The molecule has 0 bridgehead atoms. The Morgan fingerprint density at radius 3 is 2.95 bits per heavy atom. The maximum atomic E-state index is 5.98. The zero-order chi connectivity index (χ0) is 15.8. The molecule has 0 saturated heterocycles. The van der Waals surface area contributed by atoms with Gasteiger partial charge in [0, 0.05) is 26.3 Å². The topological polar surface area (TPSA) is 48.3 Å². The Morgan fingerprint density at radius 2 is 2.27 bits per heavy atom. The number of nitrogens with zero attached hydrogens (tertiary/aromatic N) is 2. The molecule has 122 valence electrons. The predicted octanol–water partition coefficient (Wildman–Crippen LogP) is 2.68. The third-order valence-corrected chi connectivity index (χ3v) is 3.76. The van der Waals surface area contributed by atoms with Gasteiger partial charge in [0.25, 0.3) is 0 Å². The summed E-state index contributed by atoms with van der Waals surface area (Å²) in [5.74, 6) is 0.827. The third-order valence-electron chi connectivity index (χ3n) is 3.76. The summed E-state index contributed by atoms with van der Waals surface area (Å²) in [5, 5.41) is 7.73. The van der Waals surface area contributed by atoms with Gasteiger partial charge in [0.15, 0.2) is 0 Å². The van der Waals surface area contributed by atoms with Gasteiger partial charge in [-0.15, -0.1) is 0 Å². The molecule has 0 fully saturated rings. The second-order valence-electron chi connectivity index (χ2n) is 5.61. The fourth-order valence-electron chi connectivity index (χ4n) is 2.35. The number of allylic oxidation sites excluding steroid dienone is 2. The highest BCUT2D eigenvalue weighted by atomic mass is 16.5. The van der Waals surface area contributed by atoms with Crippen molar-refractivity contribution in [3.63, 3.8) is 0 Å². The van der Waals surface area contributed by atoms with Gasteiger partial charge in [-0.3, -0.25) is 0 Å². The van der Waals surface area contributed by atoms with Crippen molar-refractivity contribution in [2.45, 2.75) is 45.4 Å². The van der Waals surface area contributed by atoms with Crippen LogP contribution in [-0.4, -0.2) is 36.6 Å². The monoisotopic (exact) mass is 305 g/mol. The van der Waals surface area contributed by atoms with Crippen LogP contribution in [0.15, 0.2) is 29.9 Å². The van der Waals surface area contributed by atoms with Gasteiger partial charge in [-0.25, -0.2) is 4.68 Å². The van der Waals surface area contributed by atoms with E-state index in [1.165, 1.54) is 5.57 Å². The van der Waals surface area contributed by atoms with Gasteiger partial charge in [-0.05, 0) is 38.8 Å². The second kappa shape index (κ2) is 8.76. The van der Waals surface area contributed by atoms with E-state index >= 15 is 0 Å². The Bertz CT molecular complexity index is 520. The van der Waals surface area contributed by atoms with E-state index < -0.39 is 0 Å². The van der Waals surface area contributed by atoms with E-state index in [0.29, 0.717) is 6.61 Å². The summed E-state index contributed by atoms with van der Waals surface area (Å²) < 4.78 is 13.2. The van der Waals surface area contributed by atoms with Crippen LogP contribution in [0, 0.1) is 0 Å². The number of aryl methyl sites for hydroxylation is 1. The first kappa shape index (κ1) is 16.8. The molecule has 1 atom stereocenters. The van der Waals surface area contributed by atoms with Crippen LogP contribution in [-0.2, 0) is 17.8 Å². The Kier molecular flexibility index (Phi) is 6.68. The molecule has 22 heavy (non-hydrogen) atoms. The fourth-order valence-corrected chi connectivity index (χ4v) is 2.35. The molecule has 0 spiro atoms.